The Labute approximate surface area is 117 Å². The van der Waals surface area contributed by atoms with Crippen molar-refractivity contribution in [3.05, 3.63) is 28.3 Å². The summed E-state index contributed by atoms with van der Waals surface area (Å²) in [5, 5.41) is 14.7. The lowest BCUT2D eigenvalue weighted by molar-refractivity contribution is -0.386. The van der Waals surface area contributed by atoms with Crippen LogP contribution in [0, 0.1) is 10.1 Å². The molecule has 1 aromatic carbocycles. The van der Waals surface area contributed by atoms with Gasteiger partial charge in [0, 0.05) is 29.6 Å². The second-order valence-corrected chi connectivity index (χ2v) is 5.81. The molecule has 0 aromatic heterocycles. The maximum Gasteiger partial charge on any atom is 0.311 e. The number of hydrogen-bond donors (Lipinski definition) is 1. The van der Waals surface area contributed by atoms with Gasteiger partial charge in [-0.3, -0.25) is 10.1 Å². The second-order valence-electron chi connectivity index (χ2n) is 4.53. The van der Waals surface area contributed by atoms with Gasteiger partial charge in [0.05, 0.1) is 11.0 Å². The number of nitrogens with one attached hydrogen (secondary N) is 1. The van der Waals surface area contributed by atoms with E-state index in [0.29, 0.717) is 11.0 Å². The van der Waals surface area contributed by atoms with E-state index in [4.69, 9.17) is 4.74 Å². The zero-order chi connectivity index (χ0) is 14.4. The Balaban J connectivity index is 2.88. The Bertz CT molecular complexity index is 438. The number of thioether (sulfide) groups is 1. The number of benzene rings is 1. The molecular weight excluding hydrogens is 264 g/mol. The van der Waals surface area contributed by atoms with Gasteiger partial charge < -0.3 is 10.1 Å². The van der Waals surface area contributed by atoms with Crippen LogP contribution in [0.1, 0.15) is 20.8 Å². The van der Waals surface area contributed by atoms with Crippen LogP contribution >= 0.6 is 11.8 Å². The summed E-state index contributed by atoms with van der Waals surface area (Å²) >= 11 is 1.76. The summed E-state index contributed by atoms with van der Waals surface area (Å²) in [6.07, 6.45) is 1.95. The third kappa shape index (κ3) is 4.98. The van der Waals surface area contributed by atoms with Crippen LogP contribution in [0.5, 0.6) is 5.75 Å². The SMILES string of the molecule is CSC(C)CNc1ccc([N+](=O)[O-])c(OC(C)C)c1. The van der Waals surface area contributed by atoms with E-state index in [9.17, 15) is 10.1 Å². The number of nitrogens with zero attached hydrogens (tertiary/aromatic N) is 1. The van der Waals surface area contributed by atoms with Gasteiger partial charge in [0.2, 0.25) is 0 Å². The summed E-state index contributed by atoms with van der Waals surface area (Å²) in [6.45, 7) is 6.62. The minimum Gasteiger partial charge on any atom is -0.484 e. The van der Waals surface area contributed by atoms with E-state index in [2.05, 4.69) is 18.5 Å². The molecule has 1 aromatic rings. The van der Waals surface area contributed by atoms with Gasteiger partial charge in [-0.1, -0.05) is 6.92 Å². The lowest BCUT2D eigenvalue weighted by Gasteiger charge is -2.14. The van der Waals surface area contributed by atoms with E-state index in [1.54, 1.807) is 23.9 Å². The summed E-state index contributed by atoms with van der Waals surface area (Å²) in [6, 6.07) is 4.87. The monoisotopic (exact) mass is 284 g/mol. The van der Waals surface area contributed by atoms with Crippen LogP contribution in [0.4, 0.5) is 11.4 Å². The van der Waals surface area contributed by atoms with Gasteiger partial charge in [0.25, 0.3) is 0 Å². The number of rotatable bonds is 7. The Morgan fingerprint density at radius 2 is 2.11 bits per heavy atom. The highest BCUT2D eigenvalue weighted by Gasteiger charge is 2.16. The highest BCUT2D eigenvalue weighted by molar-refractivity contribution is 7.99. The van der Waals surface area contributed by atoms with Gasteiger partial charge in [0.15, 0.2) is 5.75 Å². The fourth-order valence-corrected chi connectivity index (χ4v) is 1.72. The molecule has 0 bridgehead atoms. The molecule has 0 saturated heterocycles. The number of anilines is 1. The van der Waals surface area contributed by atoms with Gasteiger partial charge in [-0.2, -0.15) is 11.8 Å². The van der Waals surface area contributed by atoms with E-state index in [-0.39, 0.29) is 11.8 Å². The maximum absolute atomic E-state index is 10.9. The summed E-state index contributed by atoms with van der Waals surface area (Å²) in [7, 11) is 0. The van der Waals surface area contributed by atoms with Crippen LogP contribution in [-0.2, 0) is 0 Å². The van der Waals surface area contributed by atoms with Crippen LogP contribution in [0.3, 0.4) is 0 Å². The zero-order valence-corrected chi connectivity index (χ0v) is 12.5. The average Bonchev–Trinajstić information content (AvgIpc) is 2.35. The Hall–Kier alpha value is -1.43. The minimum atomic E-state index is -0.425. The number of nitro benzene ring substituents is 1. The van der Waals surface area contributed by atoms with Crippen LogP contribution in [0.2, 0.25) is 0 Å². The largest absolute Gasteiger partial charge is 0.484 e. The first kappa shape index (κ1) is 15.6. The summed E-state index contributed by atoms with van der Waals surface area (Å²) in [5.74, 6) is 0.307. The first-order valence-electron chi connectivity index (χ1n) is 6.15. The van der Waals surface area contributed by atoms with Gasteiger partial charge in [0.1, 0.15) is 0 Å². The van der Waals surface area contributed by atoms with E-state index < -0.39 is 4.92 Å². The molecule has 0 heterocycles. The molecule has 1 atom stereocenters. The van der Waals surface area contributed by atoms with Crippen molar-refractivity contribution < 1.29 is 9.66 Å². The Morgan fingerprint density at radius 3 is 2.63 bits per heavy atom. The van der Waals surface area contributed by atoms with Crippen molar-refractivity contribution in [1.82, 2.24) is 0 Å². The molecule has 106 valence electrons. The van der Waals surface area contributed by atoms with E-state index in [1.807, 2.05) is 13.8 Å². The molecule has 0 fully saturated rings. The molecule has 1 N–H and O–H groups in total. The summed E-state index contributed by atoms with van der Waals surface area (Å²) in [5.41, 5.74) is 0.833. The second kappa shape index (κ2) is 7.23. The van der Waals surface area contributed by atoms with Crippen molar-refractivity contribution >= 4 is 23.1 Å². The molecule has 19 heavy (non-hydrogen) atoms. The van der Waals surface area contributed by atoms with Gasteiger partial charge in [-0.15, -0.1) is 0 Å². The quantitative estimate of drug-likeness (QED) is 0.613. The fourth-order valence-electron chi connectivity index (χ4n) is 1.47. The molecule has 0 saturated carbocycles. The van der Waals surface area contributed by atoms with Crippen molar-refractivity contribution in [2.45, 2.75) is 32.1 Å². The lowest BCUT2D eigenvalue weighted by atomic mass is 10.2. The average molecular weight is 284 g/mol. The number of nitro groups is 1. The molecule has 1 rings (SSSR count). The van der Waals surface area contributed by atoms with Crippen LogP contribution < -0.4 is 10.1 Å². The molecule has 0 aliphatic heterocycles. The first-order valence-corrected chi connectivity index (χ1v) is 7.44. The van der Waals surface area contributed by atoms with Crippen molar-refractivity contribution in [2.75, 3.05) is 18.1 Å². The first-order chi connectivity index (χ1) is 8.93. The fraction of sp³-hybridized carbons (Fsp3) is 0.538. The lowest BCUT2D eigenvalue weighted by Crippen LogP contribution is -2.13. The molecule has 5 nitrogen and oxygen atoms in total. The predicted molar refractivity (Wildman–Crippen MR) is 80.3 cm³/mol. The summed E-state index contributed by atoms with van der Waals surface area (Å²) in [4.78, 5) is 10.5. The number of hydrogen-bond acceptors (Lipinski definition) is 5. The summed E-state index contributed by atoms with van der Waals surface area (Å²) < 4.78 is 5.49. The molecule has 0 spiro atoms. The zero-order valence-electron chi connectivity index (χ0n) is 11.7. The van der Waals surface area contributed by atoms with Crippen molar-refractivity contribution in [2.24, 2.45) is 0 Å². The highest BCUT2D eigenvalue weighted by atomic mass is 32.2. The normalized spacial score (nSPS) is 12.3. The topological polar surface area (TPSA) is 64.4 Å². The third-order valence-corrected chi connectivity index (χ3v) is 3.49. The molecule has 0 aliphatic rings. The molecule has 6 heteroatoms. The van der Waals surface area contributed by atoms with E-state index >= 15 is 0 Å². The molecular formula is C13H20N2O3S. The predicted octanol–water partition coefficient (Wildman–Crippen LogP) is 3.55. The van der Waals surface area contributed by atoms with Crippen molar-refractivity contribution in [1.29, 1.82) is 0 Å². The van der Waals surface area contributed by atoms with Gasteiger partial charge >= 0.3 is 5.69 Å². The highest BCUT2D eigenvalue weighted by Crippen LogP contribution is 2.31. The van der Waals surface area contributed by atoms with Gasteiger partial charge in [-0.25, -0.2) is 0 Å². The van der Waals surface area contributed by atoms with Crippen molar-refractivity contribution in [3.63, 3.8) is 0 Å². The van der Waals surface area contributed by atoms with Crippen LogP contribution in [-0.4, -0.2) is 29.1 Å². The Kier molecular flexibility index (Phi) is 5.95. The minimum absolute atomic E-state index is 0.00263. The molecule has 0 amide bonds. The molecule has 1 unspecified atom stereocenters. The number of ether oxygens (including phenoxy) is 1. The standard InChI is InChI=1S/C13H20N2O3S/c1-9(2)18-13-7-11(14-8-10(3)19-4)5-6-12(13)15(16)17/h5-7,9-10,14H,8H2,1-4H3. The van der Waals surface area contributed by atoms with Crippen molar-refractivity contribution in [3.8, 4) is 5.75 Å². The molecule has 0 radical (unpaired) electrons. The molecule has 0 aliphatic carbocycles. The van der Waals surface area contributed by atoms with E-state index in [1.165, 1.54) is 6.07 Å². The van der Waals surface area contributed by atoms with E-state index in [0.717, 1.165) is 12.2 Å². The Morgan fingerprint density at radius 1 is 1.42 bits per heavy atom. The van der Waals surface area contributed by atoms with Gasteiger partial charge in [-0.05, 0) is 26.2 Å². The smallest absolute Gasteiger partial charge is 0.311 e. The van der Waals surface area contributed by atoms with Crippen LogP contribution in [0.15, 0.2) is 18.2 Å². The maximum atomic E-state index is 10.9. The van der Waals surface area contributed by atoms with Crippen LogP contribution in [0.25, 0.3) is 0 Å². The third-order valence-electron chi connectivity index (χ3n) is 2.52.